The van der Waals surface area contributed by atoms with Gasteiger partial charge in [0.2, 0.25) is 0 Å². The van der Waals surface area contributed by atoms with Crippen LogP contribution in [0.1, 0.15) is 55.3 Å². The average Bonchev–Trinajstić information content (AvgIpc) is 2.90. The van der Waals surface area contributed by atoms with E-state index in [2.05, 4.69) is 43.2 Å². The molecule has 0 bridgehead atoms. The summed E-state index contributed by atoms with van der Waals surface area (Å²) in [5, 5.41) is 5.69. The topological polar surface area (TPSA) is 79.9 Å². The van der Waals surface area contributed by atoms with Crippen LogP contribution in [0.15, 0.2) is 78.9 Å². The Morgan fingerprint density at radius 1 is 0.838 bits per heavy atom. The highest BCUT2D eigenvalue weighted by Crippen LogP contribution is 2.32. The Labute approximate surface area is 219 Å². The number of ether oxygens (including phenoxy) is 2. The van der Waals surface area contributed by atoms with Gasteiger partial charge < -0.3 is 20.1 Å². The molecule has 0 unspecified atom stereocenters. The van der Waals surface area contributed by atoms with Crippen LogP contribution in [0.25, 0.3) is 0 Å². The van der Waals surface area contributed by atoms with Gasteiger partial charge in [-0.1, -0.05) is 60.7 Å². The first kappa shape index (κ1) is 27.7. The molecule has 7 heteroatoms. The lowest BCUT2D eigenvalue weighted by atomic mass is 10.0. The fraction of sp³-hybridized carbons (Fsp3) is 0.333. The predicted octanol–water partition coefficient (Wildman–Crippen LogP) is 5.88. The molecule has 0 atom stereocenters. The Kier molecular flexibility index (Phi) is 10.1. The van der Waals surface area contributed by atoms with Gasteiger partial charge in [-0.3, -0.25) is 4.90 Å². The van der Waals surface area contributed by atoms with E-state index in [1.54, 1.807) is 18.2 Å². The molecule has 3 aromatic carbocycles. The van der Waals surface area contributed by atoms with Gasteiger partial charge in [-0.25, -0.2) is 9.59 Å². The minimum Gasteiger partial charge on any atom is -0.480 e. The van der Waals surface area contributed by atoms with Crippen molar-refractivity contribution in [2.24, 2.45) is 0 Å². The van der Waals surface area contributed by atoms with Crippen LogP contribution in [0.4, 0.5) is 10.5 Å². The minimum absolute atomic E-state index is 0.225. The number of carbonyl (C=O) groups is 2. The molecular formula is C30H37N3O4. The lowest BCUT2D eigenvalue weighted by molar-refractivity contribution is 0.0594. The summed E-state index contributed by atoms with van der Waals surface area (Å²) in [6.45, 7) is 9.79. The molecule has 196 valence electrons. The van der Waals surface area contributed by atoms with E-state index in [0.717, 1.165) is 17.7 Å². The molecular weight excluding hydrogens is 466 g/mol. The van der Waals surface area contributed by atoms with Crippen molar-refractivity contribution in [3.8, 4) is 5.75 Å². The predicted molar refractivity (Wildman–Crippen MR) is 147 cm³/mol. The summed E-state index contributed by atoms with van der Waals surface area (Å²) >= 11 is 0. The quantitative estimate of drug-likeness (QED) is 0.319. The van der Waals surface area contributed by atoms with Crippen LogP contribution >= 0.6 is 0 Å². The van der Waals surface area contributed by atoms with Gasteiger partial charge in [-0.2, -0.15) is 0 Å². The Morgan fingerprint density at radius 3 is 1.92 bits per heavy atom. The first-order valence-corrected chi connectivity index (χ1v) is 12.6. The number of rotatable bonds is 11. The van der Waals surface area contributed by atoms with Crippen molar-refractivity contribution in [2.75, 3.05) is 25.5 Å². The van der Waals surface area contributed by atoms with Crippen LogP contribution in [-0.4, -0.2) is 49.2 Å². The summed E-state index contributed by atoms with van der Waals surface area (Å²) in [5.41, 5.74) is 2.58. The molecule has 7 nitrogen and oxygen atoms in total. The normalized spacial score (nSPS) is 11.2. The van der Waals surface area contributed by atoms with E-state index in [-0.39, 0.29) is 11.6 Å². The zero-order valence-corrected chi connectivity index (χ0v) is 22.2. The molecule has 0 radical (unpaired) electrons. The summed E-state index contributed by atoms with van der Waals surface area (Å²) in [7, 11) is 1.32. The molecule has 0 aromatic heterocycles. The second-order valence-electron chi connectivity index (χ2n) is 9.33. The maximum atomic E-state index is 12.7. The third kappa shape index (κ3) is 7.82. The average molecular weight is 504 g/mol. The Morgan fingerprint density at radius 2 is 1.41 bits per heavy atom. The van der Waals surface area contributed by atoms with E-state index in [4.69, 9.17) is 9.47 Å². The number of anilines is 1. The van der Waals surface area contributed by atoms with Crippen molar-refractivity contribution in [3.63, 3.8) is 0 Å². The molecule has 0 saturated heterocycles. The van der Waals surface area contributed by atoms with Gasteiger partial charge in [0, 0.05) is 30.9 Å². The van der Waals surface area contributed by atoms with E-state index in [1.165, 1.54) is 7.11 Å². The van der Waals surface area contributed by atoms with Crippen LogP contribution in [-0.2, 0) is 4.74 Å². The molecule has 0 spiro atoms. The SMILES string of the molecule is COC(=O)c1cc(NC(=O)NCCN(C(C)C)C(C)C)ccc1OC(c1ccccc1)c1ccccc1. The molecule has 2 N–H and O–H groups in total. The summed E-state index contributed by atoms with van der Waals surface area (Å²) in [6.07, 6.45) is -0.433. The zero-order chi connectivity index (χ0) is 26.8. The number of methoxy groups -OCH3 is 1. The number of nitrogens with zero attached hydrogens (tertiary/aromatic N) is 1. The van der Waals surface area contributed by atoms with Crippen molar-refractivity contribution in [1.29, 1.82) is 0 Å². The maximum Gasteiger partial charge on any atom is 0.341 e. The molecule has 0 saturated carbocycles. The van der Waals surface area contributed by atoms with Crippen LogP contribution in [0.5, 0.6) is 5.75 Å². The van der Waals surface area contributed by atoms with Crippen LogP contribution in [0, 0.1) is 0 Å². The third-order valence-corrected chi connectivity index (χ3v) is 6.07. The molecule has 37 heavy (non-hydrogen) atoms. The lowest BCUT2D eigenvalue weighted by Crippen LogP contribution is -2.43. The fourth-order valence-electron chi connectivity index (χ4n) is 4.28. The van der Waals surface area contributed by atoms with Gasteiger partial charge in [-0.05, 0) is 57.0 Å². The van der Waals surface area contributed by atoms with Crippen molar-refractivity contribution >= 4 is 17.7 Å². The van der Waals surface area contributed by atoms with Gasteiger partial charge in [-0.15, -0.1) is 0 Å². The van der Waals surface area contributed by atoms with Crippen LogP contribution in [0.3, 0.4) is 0 Å². The number of benzene rings is 3. The highest BCUT2D eigenvalue weighted by molar-refractivity contribution is 5.96. The Bertz CT molecular complexity index is 1100. The van der Waals surface area contributed by atoms with Gasteiger partial charge in [0.25, 0.3) is 0 Å². The second-order valence-corrected chi connectivity index (χ2v) is 9.33. The molecule has 0 fully saturated rings. The van der Waals surface area contributed by atoms with E-state index < -0.39 is 12.1 Å². The summed E-state index contributed by atoms with van der Waals surface area (Å²) < 4.78 is 11.4. The van der Waals surface area contributed by atoms with Crippen molar-refractivity contribution in [1.82, 2.24) is 10.2 Å². The maximum absolute atomic E-state index is 12.7. The lowest BCUT2D eigenvalue weighted by Gasteiger charge is -2.30. The smallest absolute Gasteiger partial charge is 0.341 e. The number of hydrogen-bond acceptors (Lipinski definition) is 5. The molecule has 0 aliphatic heterocycles. The number of urea groups is 1. The van der Waals surface area contributed by atoms with Crippen molar-refractivity contribution in [2.45, 2.75) is 45.9 Å². The number of nitrogens with one attached hydrogen (secondary N) is 2. The molecule has 0 heterocycles. The second kappa shape index (κ2) is 13.5. The van der Waals surface area contributed by atoms with Gasteiger partial charge in [0.1, 0.15) is 17.4 Å². The first-order chi connectivity index (χ1) is 17.8. The van der Waals surface area contributed by atoms with Crippen molar-refractivity contribution < 1.29 is 19.1 Å². The summed E-state index contributed by atoms with van der Waals surface area (Å²) in [5.74, 6) is -0.191. The molecule has 0 aliphatic rings. The van der Waals surface area contributed by atoms with Crippen LogP contribution in [0.2, 0.25) is 0 Å². The summed E-state index contributed by atoms with van der Waals surface area (Å²) in [6, 6.07) is 25.0. The Hall–Kier alpha value is -3.84. The first-order valence-electron chi connectivity index (χ1n) is 12.6. The fourth-order valence-corrected chi connectivity index (χ4v) is 4.28. The highest BCUT2D eigenvalue weighted by atomic mass is 16.5. The number of carbonyl (C=O) groups excluding carboxylic acids is 2. The number of esters is 1. The van der Waals surface area contributed by atoms with E-state index in [9.17, 15) is 9.59 Å². The van der Waals surface area contributed by atoms with Crippen LogP contribution < -0.4 is 15.4 Å². The molecule has 0 aliphatic carbocycles. The third-order valence-electron chi connectivity index (χ3n) is 6.07. The molecule has 2 amide bonds. The summed E-state index contributed by atoms with van der Waals surface area (Å²) in [4.78, 5) is 27.5. The largest absolute Gasteiger partial charge is 0.480 e. The zero-order valence-electron chi connectivity index (χ0n) is 22.2. The van der Waals surface area contributed by atoms with Crippen molar-refractivity contribution in [3.05, 3.63) is 95.6 Å². The van der Waals surface area contributed by atoms with E-state index in [1.807, 2.05) is 60.7 Å². The number of amides is 2. The van der Waals surface area contributed by atoms with Gasteiger partial charge in [0.05, 0.1) is 7.11 Å². The minimum atomic E-state index is -0.552. The van der Waals surface area contributed by atoms with E-state index in [0.29, 0.717) is 30.1 Å². The van der Waals surface area contributed by atoms with Gasteiger partial charge in [0.15, 0.2) is 0 Å². The highest BCUT2D eigenvalue weighted by Gasteiger charge is 2.21. The number of hydrogen-bond donors (Lipinski definition) is 2. The van der Waals surface area contributed by atoms with E-state index >= 15 is 0 Å². The molecule has 3 aromatic rings. The standard InChI is InChI=1S/C30H37N3O4/c1-21(2)33(22(3)4)19-18-31-30(35)32-25-16-17-27(26(20-25)29(34)36-5)37-28(23-12-8-6-9-13-23)24-14-10-7-11-15-24/h6-17,20-22,28H,18-19H2,1-5H3,(H2,31,32,35). The monoisotopic (exact) mass is 503 g/mol. The van der Waals surface area contributed by atoms with Gasteiger partial charge >= 0.3 is 12.0 Å². The Balaban J connectivity index is 1.77. The molecule has 3 rings (SSSR count).